The van der Waals surface area contributed by atoms with Crippen LogP contribution >= 0.6 is 0 Å². The van der Waals surface area contributed by atoms with Gasteiger partial charge >= 0.3 is 0 Å². The van der Waals surface area contributed by atoms with Crippen LogP contribution in [-0.4, -0.2) is 85.0 Å². The van der Waals surface area contributed by atoms with Crippen molar-refractivity contribution in [1.82, 2.24) is 14.7 Å². The van der Waals surface area contributed by atoms with Crippen LogP contribution in [0.2, 0.25) is 0 Å². The first-order valence-electron chi connectivity index (χ1n) is 13.9. The van der Waals surface area contributed by atoms with Crippen molar-refractivity contribution in [3.05, 3.63) is 59.4 Å². The monoisotopic (exact) mass is 524 g/mol. The number of ether oxygens (including phenoxy) is 1. The van der Waals surface area contributed by atoms with Crippen molar-refractivity contribution in [2.75, 3.05) is 57.3 Å². The van der Waals surface area contributed by atoms with Crippen molar-refractivity contribution in [1.29, 1.82) is 0 Å². The van der Waals surface area contributed by atoms with E-state index in [2.05, 4.69) is 23.6 Å². The molecule has 4 rings (SSSR count). The molecule has 2 heterocycles. The molecule has 0 radical (unpaired) electrons. The minimum Gasteiger partial charge on any atom is -0.492 e. The van der Waals surface area contributed by atoms with Crippen LogP contribution in [-0.2, 0) is 11.3 Å². The Morgan fingerprint density at radius 3 is 2.47 bits per heavy atom. The van der Waals surface area contributed by atoms with Crippen LogP contribution in [0.4, 0.5) is 10.1 Å². The Labute approximate surface area is 226 Å². The molecule has 0 spiro atoms. The van der Waals surface area contributed by atoms with E-state index in [0.29, 0.717) is 49.3 Å². The van der Waals surface area contributed by atoms with Crippen molar-refractivity contribution in [2.45, 2.75) is 52.6 Å². The van der Waals surface area contributed by atoms with Crippen LogP contribution in [0.1, 0.15) is 56.0 Å². The van der Waals surface area contributed by atoms with Gasteiger partial charge in [0.25, 0.3) is 5.91 Å². The highest BCUT2D eigenvalue weighted by atomic mass is 19.1. The van der Waals surface area contributed by atoms with Gasteiger partial charge in [0.15, 0.2) is 0 Å². The van der Waals surface area contributed by atoms with Gasteiger partial charge in [0.05, 0.1) is 5.69 Å². The van der Waals surface area contributed by atoms with Crippen molar-refractivity contribution < 1.29 is 18.7 Å². The third kappa shape index (κ3) is 7.32. The summed E-state index contributed by atoms with van der Waals surface area (Å²) in [5.41, 5.74) is 1.85. The lowest BCUT2D eigenvalue weighted by Gasteiger charge is -2.30. The largest absolute Gasteiger partial charge is 0.492 e. The SMILES string of the molecule is CC(=O)N1CCCN(C(C)C)CCN(C(=O)c2cccc(OCCN3CCCC3)c2)Cc2ccc(F)cc21. The molecule has 0 saturated carbocycles. The lowest BCUT2D eigenvalue weighted by molar-refractivity contribution is -0.116. The molecule has 206 valence electrons. The van der Waals surface area contributed by atoms with Gasteiger partial charge < -0.3 is 14.5 Å². The standard InChI is InChI=1S/C30H41FN4O3/c1-23(2)33-14-7-15-35(24(3)36)29-21-27(31)11-10-26(29)22-34(17-16-33)30(37)25-8-6-9-28(20-25)38-19-18-32-12-4-5-13-32/h6,8-11,20-21,23H,4-5,7,12-19,22H2,1-3H3. The lowest BCUT2D eigenvalue weighted by atomic mass is 10.1. The number of carbonyl (C=O) groups is 2. The van der Waals surface area contributed by atoms with Crippen LogP contribution in [0.15, 0.2) is 42.5 Å². The molecular weight excluding hydrogens is 483 g/mol. The molecule has 2 aromatic rings. The summed E-state index contributed by atoms with van der Waals surface area (Å²) in [6.45, 7) is 12.3. The topological polar surface area (TPSA) is 56.3 Å². The molecule has 7 nitrogen and oxygen atoms in total. The summed E-state index contributed by atoms with van der Waals surface area (Å²) in [4.78, 5) is 34.6. The Bertz CT molecular complexity index is 1100. The van der Waals surface area contributed by atoms with E-state index < -0.39 is 5.82 Å². The van der Waals surface area contributed by atoms with E-state index in [1.165, 1.54) is 31.9 Å². The highest BCUT2D eigenvalue weighted by Gasteiger charge is 2.24. The minimum atomic E-state index is -0.398. The molecule has 1 fully saturated rings. The van der Waals surface area contributed by atoms with E-state index in [9.17, 15) is 14.0 Å². The van der Waals surface area contributed by atoms with E-state index in [-0.39, 0.29) is 18.4 Å². The maximum absolute atomic E-state index is 14.3. The first-order chi connectivity index (χ1) is 18.3. The number of anilines is 1. The summed E-state index contributed by atoms with van der Waals surface area (Å²) >= 11 is 0. The van der Waals surface area contributed by atoms with Crippen LogP contribution in [0, 0.1) is 5.82 Å². The van der Waals surface area contributed by atoms with Gasteiger partial charge in [0, 0.05) is 57.8 Å². The predicted octanol–water partition coefficient (Wildman–Crippen LogP) is 4.41. The Morgan fingerprint density at radius 2 is 1.74 bits per heavy atom. The molecule has 2 aromatic carbocycles. The van der Waals surface area contributed by atoms with Gasteiger partial charge in [-0.2, -0.15) is 0 Å². The average molecular weight is 525 g/mol. The number of fused-ring (bicyclic) bond motifs is 1. The van der Waals surface area contributed by atoms with Crippen LogP contribution < -0.4 is 9.64 Å². The van der Waals surface area contributed by atoms with Crippen molar-refractivity contribution in [3.63, 3.8) is 0 Å². The van der Waals surface area contributed by atoms with E-state index >= 15 is 0 Å². The zero-order chi connectivity index (χ0) is 27.1. The second-order valence-electron chi connectivity index (χ2n) is 10.6. The molecule has 38 heavy (non-hydrogen) atoms. The highest BCUT2D eigenvalue weighted by molar-refractivity contribution is 5.95. The van der Waals surface area contributed by atoms with Gasteiger partial charge in [-0.05, 0) is 82.1 Å². The number of nitrogens with zero attached hydrogens (tertiary/aromatic N) is 4. The van der Waals surface area contributed by atoms with Gasteiger partial charge in [-0.3, -0.25) is 19.4 Å². The Balaban J connectivity index is 1.57. The molecule has 1 saturated heterocycles. The molecule has 0 unspecified atom stereocenters. The average Bonchev–Trinajstić information content (AvgIpc) is 3.40. The number of likely N-dealkylation sites (tertiary alicyclic amines) is 1. The molecule has 8 heteroatoms. The Kier molecular flexibility index (Phi) is 9.74. The second kappa shape index (κ2) is 13.2. The van der Waals surface area contributed by atoms with E-state index in [1.54, 1.807) is 15.9 Å². The summed E-state index contributed by atoms with van der Waals surface area (Å²) in [6, 6.07) is 12.2. The van der Waals surface area contributed by atoms with Crippen molar-refractivity contribution in [2.24, 2.45) is 0 Å². The maximum Gasteiger partial charge on any atom is 0.254 e. The molecule has 2 aliphatic rings. The maximum atomic E-state index is 14.3. The number of benzene rings is 2. The quantitative estimate of drug-likeness (QED) is 0.561. The number of halogens is 1. The zero-order valence-corrected chi connectivity index (χ0v) is 23.0. The molecule has 0 atom stereocenters. The van der Waals surface area contributed by atoms with Gasteiger partial charge in [-0.25, -0.2) is 4.39 Å². The van der Waals surface area contributed by atoms with E-state index in [0.717, 1.165) is 38.2 Å². The molecule has 0 aliphatic carbocycles. The van der Waals surface area contributed by atoms with Crippen LogP contribution in [0.5, 0.6) is 5.75 Å². The first-order valence-corrected chi connectivity index (χ1v) is 13.9. The fraction of sp³-hybridized carbons (Fsp3) is 0.533. The minimum absolute atomic E-state index is 0.109. The fourth-order valence-electron chi connectivity index (χ4n) is 5.34. The third-order valence-corrected chi connectivity index (χ3v) is 7.54. The number of carbonyl (C=O) groups excluding carboxylic acids is 2. The summed E-state index contributed by atoms with van der Waals surface area (Å²) in [6.07, 6.45) is 3.25. The van der Waals surface area contributed by atoms with Crippen molar-refractivity contribution >= 4 is 17.5 Å². The fourth-order valence-corrected chi connectivity index (χ4v) is 5.34. The Hall–Kier alpha value is -2.97. The number of hydrogen-bond acceptors (Lipinski definition) is 5. The number of hydrogen-bond donors (Lipinski definition) is 0. The molecule has 2 aliphatic heterocycles. The zero-order valence-electron chi connectivity index (χ0n) is 23.0. The molecule has 0 bridgehead atoms. The summed E-state index contributed by atoms with van der Waals surface area (Å²) in [5.74, 6) is 0.0405. The Morgan fingerprint density at radius 1 is 0.947 bits per heavy atom. The number of amides is 2. The molecular formula is C30H41FN4O3. The lowest BCUT2D eigenvalue weighted by Crippen LogP contribution is -2.41. The number of rotatable bonds is 6. The van der Waals surface area contributed by atoms with E-state index in [4.69, 9.17) is 4.74 Å². The smallest absolute Gasteiger partial charge is 0.254 e. The normalized spacial score (nSPS) is 17.8. The van der Waals surface area contributed by atoms with Gasteiger partial charge in [-0.15, -0.1) is 0 Å². The third-order valence-electron chi connectivity index (χ3n) is 7.54. The molecule has 0 N–H and O–H groups in total. The first kappa shape index (κ1) is 28.0. The van der Waals surface area contributed by atoms with E-state index in [1.807, 2.05) is 24.3 Å². The van der Waals surface area contributed by atoms with Crippen LogP contribution in [0.25, 0.3) is 0 Å². The van der Waals surface area contributed by atoms with Gasteiger partial charge in [-0.1, -0.05) is 12.1 Å². The van der Waals surface area contributed by atoms with Crippen molar-refractivity contribution in [3.8, 4) is 5.75 Å². The van der Waals surface area contributed by atoms with Gasteiger partial charge in [0.1, 0.15) is 18.2 Å². The van der Waals surface area contributed by atoms with Crippen LogP contribution in [0.3, 0.4) is 0 Å². The predicted molar refractivity (Wildman–Crippen MR) is 148 cm³/mol. The highest BCUT2D eigenvalue weighted by Crippen LogP contribution is 2.26. The summed E-state index contributed by atoms with van der Waals surface area (Å²) < 4.78 is 20.3. The van der Waals surface area contributed by atoms with Gasteiger partial charge in [0.2, 0.25) is 5.91 Å². The molecule has 0 aromatic heterocycles. The molecule has 2 amide bonds. The second-order valence-corrected chi connectivity index (χ2v) is 10.6. The summed E-state index contributed by atoms with van der Waals surface area (Å²) in [5, 5.41) is 0. The summed E-state index contributed by atoms with van der Waals surface area (Å²) in [7, 11) is 0.